The van der Waals surface area contributed by atoms with E-state index in [1.807, 2.05) is 19.5 Å². The lowest BCUT2D eigenvalue weighted by Crippen LogP contribution is -2.24. The fourth-order valence-electron chi connectivity index (χ4n) is 1.07. The molecule has 0 saturated heterocycles. The summed E-state index contributed by atoms with van der Waals surface area (Å²) in [5.74, 6) is -0.422. The van der Waals surface area contributed by atoms with Gasteiger partial charge in [0.2, 0.25) is 0 Å². The molecule has 4 nitrogen and oxygen atoms in total. The Bertz CT molecular complexity index is 209. The molecule has 0 unspecified atom stereocenters. The molecule has 0 aliphatic heterocycles. The third-order valence-corrected chi connectivity index (χ3v) is 3.53. The van der Waals surface area contributed by atoms with E-state index in [1.165, 1.54) is 7.11 Å². The van der Waals surface area contributed by atoms with E-state index in [4.69, 9.17) is 9.47 Å². The second-order valence-electron chi connectivity index (χ2n) is 2.95. The van der Waals surface area contributed by atoms with Gasteiger partial charge in [-0.2, -0.15) is 0 Å². The lowest BCUT2D eigenvalue weighted by molar-refractivity contribution is -0.136. The Kier molecular flexibility index (Phi) is 8.26. The summed E-state index contributed by atoms with van der Waals surface area (Å²) in [7, 11) is 0.675. The largest absolute Gasteiger partial charge is 0.466 e. The first-order valence-corrected chi connectivity index (χ1v) is 6.77. The van der Waals surface area contributed by atoms with E-state index in [0.29, 0.717) is 18.8 Å². The monoisotopic (exact) mass is 232 g/mol. The molecule has 0 amide bonds. The summed E-state index contributed by atoms with van der Waals surface area (Å²) in [6.45, 7) is 6.86. The van der Waals surface area contributed by atoms with Crippen molar-refractivity contribution in [2.75, 3.05) is 20.3 Å². The molecule has 0 heterocycles. The highest BCUT2D eigenvalue weighted by molar-refractivity contribution is 6.44. The van der Waals surface area contributed by atoms with Crippen LogP contribution in [-0.4, -0.2) is 41.7 Å². The number of carbonyl (C=O) groups is 1. The second kappa shape index (κ2) is 8.64. The Morgan fingerprint density at radius 2 is 1.87 bits per heavy atom. The summed E-state index contributed by atoms with van der Waals surface area (Å²) in [6, 6.07) is 0. The molecule has 0 bridgehead atoms. The summed E-state index contributed by atoms with van der Waals surface area (Å²) in [5.41, 5.74) is 2.54. The fourth-order valence-corrected chi connectivity index (χ4v) is 2.53. The molecule has 0 aliphatic rings. The first-order chi connectivity index (χ1) is 7.15. The van der Waals surface area contributed by atoms with Crippen LogP contribution in [-0.2, 0) is 19.0 Å². The topological polar surface area (TPSA) is 44.8 Å². The SMILES string of the molecule is CCOC(OCC)[SiH2]C=C(C)C(=O)OC. The van der Waals surface area contributed by atoms with Crippen molar-refractivity contribution in [3.05, 3.63) is 11.3 Å². The van der Waals surface area contributed by atoms with Gasteiger partial charge >= 0.3 is 5.97 Å². The van der Waals surface area contributed by atoms with E-state index in [9.17, 15) is 4.79 Å². The standard InChI is InChI=1S/C10H20O4Si/c1-5-13-10(14-6-2)15-7-8(3)9(11)12-4/h7,10H,5-6,15H2,1-4H3. The summed E-state index contributed by atoms with van der Waals surface area (Å²) < 4.78 is 15.4. The van der Waals surface area contributed by atoms with E-state index in [0.717, 1.165) is 0 Å². The van der Waals surface area contributed by atoms with Gasteiger partial charge in [0.05, 0.1) is 7.11 Å². The lowest BCUT2D eigenvalue weighted by atomic mass is 10.4. The predicted octanol–water partition coefficient (Wildman–Crippen LogP) is 0.589. The van der Waals surface area contributed by atoms with E-state index in [1.54, 1.807) is 6.92 Å². The zero-order valence-corrected chi connectivity index (χ0v) is 11.3. The van der Waals surface area contributed by atoms with Crippen LogP contribution >= 0.6 is 0 Å². The van der Waals surface area contributed by atoms with Crippen molar-refractivity contribution >= 4 is 15.5 Å². The molecule has 0 N–H and O–H groups in total. The molecule has 0 spiro atoms. The van der Waals surface area contributed by atoms with Gasteiger partial charge in [0, 0.05) is 18.8 Å². The minimum Gasteiger partial charge on any atom is -0.466 e. The molecular weight excluding hydrogens is 212 g/mol. The summed E-state index contributed by atoms with van der Waals surface area (Å²) in [6.07, 6.45) is 0. The molecule has 0 radical (unpaired) electrons. The maximum Gasteiger partial charge on any atom is 0.332 e. The van der Waals surface area contributed by atoms with Gasteiger partial charge in [-0.15, -0.1) is 0 Å². The molecule has 0 rings (SSSR count). The van der Waals surface area contributed by atoms with Gasteiger partial charge in [-0.05, 0) is 20.8 Å². The van der Waals surface area contributed by atoms with E-state index >= 15 is 0 Å². The van der Waals surface area contributed by atoms with Crippen molar-refractivity contribution in [3.63, 3.8) is 0 Å². The van der Waals surface area contributed by atoms with Gasteiger partial charge in [-0.1, -0.05) is 5.70 Å². The smallest absolute Gasteiger partial charge is 0.332 e. The van der Waals surface area contributed by atoms with E-state index in [-0.39, 0.29) is 11.9 Å². The maximum atomic E-state index is 11.1. The molecule has 5 heteroatoms. The maximum absolute atomic E-state index is 11.1. The third-order valence-electron chi connectivity index (χ3n) is 1.83. The summed E-state index contributed by atoms with van der Waals surface area (Å²) in [5, 5.41) is 0. The predicted molar refractivity (Wildman–Crippen MR) is 61.4 cm³/mol. The van der Waals surface area contributed by atoms with Gasteiger partial charge in [0.15, 0.2) is 0 Å². The molecule has 0 saturated carbocycles. The quantitative estimate of drug-likeness (QED) is 0.279. The minimum atomic E-state index is -0.704. The average molecular weight is 232 g/mol. The molecule has 0 aromatic heterocycles. The number of hydrogen-bond acceptors (Lipinski definition) is 4. The molecule has 0 fully saturated rings. The second-order valence-corrected chi connectivity index (χ2v) is 4.50. The molecule has 0 atom stereocenters. The number of ether oxygens (including phenoxy) is 3. The van der Waals surface area contributed by atoms with Crippen LogP contribution in [0.3, 0.4) is 0 Å². The summed E-state index contributed by atoms with van der Waals surface area (Å²) in [4.78, 5) is 11.1. The van der Waals surface area contributed by atoms with Crippen molar-refractivity contribution in [2.45, 2.75) is 26.7 Å². The highest BCUT2D eigenvalue weighted by Gasteiger charge is 2.08. The lowest BCUT2D eigenvalue weighted by Gasteiger charge is -2.14. The first-order valence-electron chi connectivity index (χ1n) is 5.13. The van der Waals surface area contributed by atoms with Crippen LogP contribution in [0.15, 0.2) is 11.3 Å². The molecule has 0 aromatic rings. The van der Waals surface area contributed by atoms with Gasteiger partial charge in [0.25, 0.3) is 0 Å². The number of methoxy groups -OCH3 is 1. The zero-order chi connectivity index (χ0) is 11.7. The average Bonchev–Trinajstić information content (AvgIpc) is 2.25. The third kappa shape index (κ3) is 6.43. The Labute approximate surface area is 93.4 Å². The normalized spacial score (nSPS) is 12.7. The van der Waals surface area contributed by atoms with Gasteiger partial charge in [-0.3, -0.25) is 0 Å². The van der Waals surface area contributed by atoms with Crippen molar-refractivity contribution in [1.82, 2.24) is 0 Å². The highest BCUT2D eigenvalue weighted by atomic mass is 28.2. The molecule has 0 aromatic carbocycles. The van der Waals surface area contributed by atoms with Crippen LogP contribution in [0.1, 0.15) is 20.8 Å². The van der Waals surface area contributed by atoms with Crippen molar-refractivity contribution in [2.24, 2.45) is 0 Å². The van der Waals surface area contributed by atoms with Crippen LogP contribution in [0.2, 0.25) is 0 Å². The van der Waals surface area contributed by atoms with Crippen LogP contribution in [0, 0.1) is 0 Å². The molecule has 0 aliphatic carbocycles. The number of hydrogen-bond donors (Lipinski definition) is 0. The van der Waals surface area contributed by atoms with Gasteiger partial charge < -0.3 is 14.2 Å². The van der Waals surface area contributed by atoms with E-state index < -0.39 is 9.52 Å². The fraction of sp³-hybridized carbons (Fsp3) is 0.700. The van der Waals surface area contributed by atoms with Crippen LogP contribution in [0.4, 0.5) is 0 Å². The summed E-state index contributed by atoms with van der Waals surface area (Å²) >= 11 is 0. The number of rotatable bonds is 7. The number of esters is 1. The van der Waals surface area contributed by atoms with Gasteiger partial charge in [-0.25, -0.2) is 4.79 Å². The Balaban J connectivity index is 4.10. The van der Waals surface area contributed by atoms with Crippen LogP contribution in [0.25, 0.3) is 0 Å². The molecule has 88 valence electrons. The highest BCUT2D eigenvalue weighted by Crippen LogP contribution is 1.99. The zero-order valence-electron chi connectivity index (χ0n) is 9.91. The molecule has 15 heavy (non-hydrogen) atoms. The Morgan fingerprint density at radius 3 is 2.27 bits per heavy atom. The Morgan fingerprint density at radius 1 is 1.33 bits per heavy atom. The Hall–Kier alpha value is -0.653. The van der Waals surface area contributed by atoms with E-state index in [2.05, 4.69) is 4.74 Å². The minimum absolute atomic E-state index is 0.139. The number of carbonyl (C=O) groups excluding carboxylic acids is 1. The van der Waals surface area contributed by atoms with Crippen molar-refractivity contribution in [1.29, 1.82) is 0 Å². The first kappa shape index (κ1) is 14.3. The molecular formula is C10H20O4Si. The van der Waals surface area contributed by atoms with Crippen molar-refractivity contribution in [3.8, 4) is 0 Å². The van der Waals surface area contributed by atoms with Crippen molar-refractivity contribution < 1.29 is 19.0 Å². The van der Waals surface area contributed by atoms with Crippen LogP contribution < -0.4 is 0 Å². The van der Waals surface area contributed by atoms with Crippen LogP contribution in [0.5, 0.6) is 0 Å². The van der Waals surface area contributed by atoms with Gasteiger partial charge in [0.1, 0.15) is 15.4 Å².